The van der Waals surface area contributed by atoms with Crippen molar-refractivity contribution in [1.82, 2.24) is 0 Å². The number of nitrogens with two attached hydrogens (primary N) is 1. The lowest BCUT2D eigenvalue weighted by Crippen LogP contribution is -2.01. The lowest BCUT2D eigenvalue weighted by atomic mass is 10.1. The molecule has 0 spiro atoms. The zero-order chi connectivity index (χ0) is 11.3. The summed E-state index contributed by atoms with van der Waals surface area (Å²) in [7, 11) is 1.48. The first-order chi connectivity index (χ1) is 7.19. The maximum Gasteiger partial charge on any atom is 0.166 e. The van der Waals surface area contributed by atoms with Gasteiger partial charge >= 0.3 is 0 Å². The molecule has 2 N–H and O–H groups in total. The fourth-order valence-electron chi connectivity index (χ4n) is 1.49. The van der Waals surface area contributed by atoms with E-state index in [4.69, 9.17) is 10.5 Å². The van der Waals surface area contributed by atoms with Crippen LogP contribution in [0.5, 0.6) is 5.75 Å². The van der Waals surface area contributed by atoms with E-state index in [1.165, 1.54) is 13.2 Å². The summed E-state index contributed by atoms with van der Waals surface area (Å²) >= 11 is 3.27. The van der Waals surface area contributed by atoms with Gasteiger partial charge in [0.25, 0.3) is 0 Å². The SMILES string of the molecule is COc1c(F)cc(Br)cc1CCCCN. The molecule has 1 aromatic carbocycles. The van der Waals surface area contributed by atoms with Crippen molar-refractivity contribution in [3.05, 3.63) is 28.0 Å². The highest BCUT2D eigenvalue weighted by molar-refractivity contribution is 9.10. The number of hydrogen-bond donors (Lipinski definition) is 1. The molecule has 84 valence electrons. The number of unbranched alkanes of at least 4 members (excludes halogenated alkanes) is 1. The first-order valence-electron chi connectivity index (χ1n) is 4.91. The predicted octanol–water partition coefficient (Wildman–Crippen LogP) is 2.88. The summed E-state index contributed by atoms with van der Waals surface area (Å²) in [5, 5.41) is 0. The fraction of sp³-hybridized carbons (Fsp3) is 0.455. The van der Waals surface area contributed by atoms with Crippen LogP contribution in [0.1, 0.15) is 18.4 Å². The number of ether oxygens (including phenoxy) is 1. The Balaban J connectivity index is 2.84. The Hall–Kier alpha value is -0.610. The van der Waals surface area contributed by atoms with Crippen molar-refractivity contribution < 1.29 is 9.13 Å². The van der Waals surface area contributed by atoms with Gasteiger partial charge in [-0.15, -0.1) is 0 Å². The number of hydrogen-bond acceptors (Lipinski definition) is 2. The van der Waals surface area contributed by atoms with E-state index < -0.39 is 0 Å². The van der Waals surface area contributed by atoms with Crippen molar-refractivity contribution in [2.24, 2.45) is 5.73 Å². The number of methoxy groups -OCH3 is 1. The summed E-state index contributed by atoms with van der Waals surface area (Å²) in [5.74, 6) is 0.0184. The van der Waals surface area contributed by atoms with Crippen LogP contribution < -0.4 is 10.5 Å². The topological polar surface area (TPSA) is 35.2 Å². The molecule has 0 aliphatic carbocycles. The van der Waals surface area contributed by atoms with Crippen molar-refractivity contribution in [2.75, 3.05) is 13.7 Å². The van der Waals surface area contributed by atoms with Gasteiger partial charge in [0.05, 0.1) is 7.11 Å². The molecule has 0 aliphatic heterocycles. The number of halogens is 2. The second-order valence-electron chi connectivity index (χ2n) is 3.33. The van der Waals surface area contributed by atoms with Gasteiger partial charge in [0, 0.05) is 4.47 Å². The smallest absolute Gasteiger partial charge is 0.166 e. The highest BCUT2D eigenvalue weighted by Gasteiger charge is 2.10. The molecule has 0 aromatic heterocycles. The Morgan fingerprint density at radius 3 is 2.73 bits per heavy atom. The zero-order valence-electron chi connectivity index (χ0n) is 8.72. The normalized spacial score (nSPS) is 10.4. The zero-order valence-corrected chi connectivity index (χ0v) is 10.3. The Labute approximate surface area is 97.7 Å². The molecule has 0 atom stereocenters. The highest BCUT2D eigenvalue weighted by Crippen LogP contribution is 2.28. The average molecular weight is 276 g/mol. The first-order valence-corrected chi connectivity index (χ1v) is 5.70. The fourth-order valence-corrected chi connectivity index (χ4v) is 1.97. The maximum atomic E-state index is 13.4. The maximum absolute atomic E-state index is 13.4. The third-order valence-corrected chi connectivity index (χ3v) is 2.65. The van der Waals surface area contributed by atoms with Gasteiger partial charge in [0.2, 0.25) is 0 Å². The van der Waals surface area contributed by atoms with Crippen LogP contribution in [-0.2, 0) is 6.42 Å². The van der Waals surface area contributed by atoms with Crippen molar-refractivity contribution in [3.8, 4) is 5.75 Å². The number of benzene rings is 1. The summed E-state index contributed by atoms with van der Waals surface area (Å²) < 4.78 is 19.2. The summed E-state index contributed by atoms with van der Waals surface area (Å²) in [6, 6.07) is 3.30. The van der Waals surface area contributed by atoms with Gasteiger partial charge in [-0.3, -0.25) is 0 Å². The van der Waals surface area contributed by atoms with Gasteiger partial charge < -0.3 is 10.5 Å². The monoisotopic (exact) mass is 275 g/mol. The van der Waals surface area contributed by atoms with E-state index in [2.05, 4.69) is 15.9 Å². The second kappa shape index (κ2) is 6.08. The molecule has 2 nitrogen and oxygen atoms in total. The predicted molar refractivity (Wildman–Crippen MR) is 62.6 cm³/mol. The Morgan fingerprint density at radius 1 is 1.40 bits per heavy atom. The van der Waals surface area contributed by atoms with E-state index >= 15 is 0 Å². The van der Waals surface area contributed by atoms with E-state index in [0.29, 0.717) is 12.3 Å². The first kappa shape index (κ1) is 12.5. The molecule has 1 aromatic rings. The standard InChI is InChI=1S/C11H15BrFNO/c1-15-11-8(4-2-3-5-14)6-9(12)7-10(11)13/h6-7H,2-5,14H2,1H3. The molecular weight excluding hydrogens is 261 g/mol. The molecule has 4 heteroatoms. The largest absolute Gasteiger partial charge is 0.493 e. The van der Waals surface area contributed by atoms with Gasteiger partial charge in [-0.05, 0) is 43.5 Å². The van der Waals surface area contributed by atoms with E-state index in [-0.39, 0.29) is 5.82 Å². The Bertz CT molecular complexity index is 331. The third kappa shape index (κ3) is 3.47. The van der Waals surface area contributed by atoms with Crippen LogP contribution >= 0.6 is 15.9 Å². The lowest BCUT2D eigenvalue weighted by molar-refractivity contribution is 0.380. The minimum absolute atomic E-state index is 0.324. The van der Waals surface area contributed by atoms with Crippen LogP contribution in [0.25, 0.3) is 0 Å². The summed E-state index contributed by atoms with van der Waals surface area (Å²) in [6.45, 7) is 0.665. The molecule has 0 radical (unpaired) electrons. The average Bonchev–Trinajstić information content (AvgIpc) is 2.17. The third-order valence-electron chi connectivity index (χ3n) is 2.19. The summed E-state index contributed by atoms with van der Waals surface area (Å²) in [6.07, 6.45) is 2.68. The van der Waals surface area contributed by atoms with Crippen LogP contribution in [0.15, 0.2) is 16.6 Å². The van der Waals surface area contributed by atoms with Crippen LogP contribution in [0.2, 0.25) is 0 Å². The minimum Gasteiger partial charge on any atom is -0.493 e. The molecule has 0 amide bonds. The molecular formula is C11H15BrFNO. The molecule has 0 heterocycles. The Morgan fingerprint density at radius 2 is 2.13 bits per heavy atom. The highest BCUT2D eigenvalue weighted by atomic mass is 79.9. The second-order valence-corrected chi connectivity index (χ2v) is 4.24. The van der Waals surface area contributed by atoms with Crippen molar-refractivity contribution in [2.45, 2.75) is 19.3 Å². The molecule has 0 fully saturated rings. The minimum atomic E-state index is -0.324. The van der Waals surface area contributed by atoms with Crippen molar-refractivity contribution >= 4 is 15.9 Å². The molecule has 1 rings (SSSR count). The number of rotatable bonds is 5. The van der Waals surface area contributed by atoms with E-state index in [1.54, 1.807) is 0 Å². The quantitative estimate of drug-likeness (QED) is 0.839. The van der Waals surface area contributed by atoms with E-state index in [9.17, 15) is 4.39 Å². The molecule has 0 aliphatic rings. The van der Waals surface area contributed by atoms with Gasteiger partial charge in [-0.2, -0.15) is 0 Å². The summed E-state index contributed by atoms with van der Waals surface area (Å²) in [5.41, 5.74) is 6.30. The van der Waals surface area contributed by atoms with Gasteiger partial charge in [-0.1, -0.05) is 15.9 Å². The van der Waals surface area contributed by atoms with Crippen LogP contribution in [0.4, 0.5) is 4.39 Å². The van der Waals surface area contributed by atoms with Crippen LogP contribution in [-0.4, -0.2) is 13.7 Å². The molecule has 15 heavy (non-hydrogen) atoms. The van der Waals surface area contributed by atoms with E-state index in [1.807, 2.05) is 6.07 Å². The van der Waals surface area contributed by atoms with Crippen molar-refractivity contribution in [1.29, 1.82) is 0 Å². The van der Waals surface area contributed by atoms with Gasteiger partial charge in [0.15, 0.2) is 11.6 Å². The van der Waals surface area contributed by atoms with Crippen LogP contribution in [0.3, 0.4) is 0 Å². The van der Waals surface area contributed by atoms with Crippen LogP contribution in [0, 0.1) is 5.82 Å². The van der Waals surface area contributed by atoms with Gasteiger partial charge in [0.1, 0.15) is 0 Å². The summed E-state index contributed by atoms with van der Waals surface area (Å²) in [4.78, 5) is 0. The Kier molecular flexibility index (Phi) is 5.05. The van der Waals surface area contributed by atoms with Gasteiger partial charge in [-0.25, -0.2) is 4.39 Å². The molecule has 0 bridgehead atoms. The van der Waals surface area contributed by atoms with E-state index in [0.717, 1.165) is 29.3 Å². The molecule has 0 saturated heterocycles. The molecule has 0 unspecified atom stereocenters. The number of aryl methyl sites for hydroxylation is 1. The molecule has 0 saturated carbocycles. The van der Waals surface area contributed by atoms with Crippen molar-refractivity contribution in [3.63, 3.8) is 0 Å². The lowest BCUT2D eigenvalue weighted by Gasteiger charge is -2.09.